The van der Waals surface area contributed by atoms with Crippen molar-refractivity contribution in [3.63, 3.8) is 0 Å². The normalized spacial score (nSPS) is 14.7. The summed E-state index contributed by atoms with van der Waals surface area (Å²) in [5, 5.41) is 0. The Morgan fingerprint density at radius 2 is 1.57 bits per heavy atom. The number of anilines is 1. The van der Waals surface area contributed by atoms with E-state index in [1.807, 2.05) is 13.8 Å². The fourth-order valence-corrected chi connectivity index (χ4v) is 2.38. The highest BCUT2D eigenvalue weighted by Crippen LogP contribution is 2.29. The molecule has 0 radical (unpaired) electrons. The van der Waals surface area contributed by atoms with E-state index < -0.39 is 26.8 Å². The van der Waals surface area contributed by atoms with E-state index >= 15 is 0 Å². The molecule has 0 spiro atoms. The van der Waals surface area contributed by atoms with Gasteiger partial charge in [-0.3, -0.25) is 14.1 Å². The maximum absolute atomic E-state index is 11.5. The highest BCUT2D eigenvalue weighted by atomic mass is 32.2. The van der Waals surface area contributed by atoms with Crippen molar-refractivity contribution in [2.24, 2.45) is 0 Å². The maximum Gasteiger partial charge on any atom is 0.296 e. The topological polar surface area (TPSA) is 91.8 Å². The van der Waals surface area contributed by atoms with Gasteiger partial charge in [0.25, 0.3) is 10.1 Å². The summed E-state index contributed by atoms with van der Waals surface area (Å²) >= 11 is 0. The second-order valence-corrected chi connectivity index (χ2v) is 6.16. The van der Waals surface area contributed by atoms with Crippen LogP contribution in [0.25, 0.3) is 0 Å². The average Bonchev–Trinajstić information content (AvgIpc) is 2.67. The van der Waals surface area contributed by atoms with Gasteiger partial charge in [0.1, 0.15) is 4.90 Å². The van der Waals surface area contributed by atoms with Gasteiger partial charge in [0.2, 0.25) is 11.8 Å². The Morgan fingerprint density at radius 1 is 1.14 bits per heavy atom. The molecule has 1 aliphatic heterocycles. The third-order valence-corrected chi connectivity index (χ3v) is 3.34. The van der Waals surface area contributed by atoms with Crippen LogP contribution in [0.1, 0.15) is 26.7 Å². The molecule has 0 atom stereocenters. The zero-order valence-corrected chi connectivity index (χ0v) is 12.7. The lowest BCUT2D eigenvalue weighted by Crippen LogP contribution is -2.30. The largest absolute Gasteiger partial charge is 0.296 e. The van der Waals surface area contributed by atoms with Gasteiger partial charge in [-0.2, -0.15) is 8.42 Å². The van der Waals surface area contributed by atoms with Crippen molar-refractivity contribution >= 4 is 27.6 Å². The Kier molecular flexibility index (Phi) is 5.40. The van der Waals surface area contributed by atoms with Crippen LogP contribution in [0.2, 0.25) is 0 Å². The number of nitrogens with zero attached hydrogens (tertiary/aromatic N) is 1. The van der Waals surface area contributed by atoms with Gasteiger partial charge in [-0.05, 0) is 26.0 Å². The minimum atomic E-state index is -4.46. The predicted molar refractivity (Wildman–Crippen MR) is 78.5 cm³/mol. The Morgan fingerprint density at radius 3 is 2.00 bits per heavy atom. The molecule has 1 aliphatic rings. The molecule has 1 aromatic rings. The second kappa shape index (κ2) is 6.64. The summed E-state index contributed by atoms with van der Waals surface area (Å²) in [4.78, 5) is 23.3. The van der Waals surface area contributed by atoms with Crippen molar-refractivity contribution in [1.82, 2.24) is 0 Å². The van der Waals surface area contributed by atoms with Crippen molar-refractivity contribution in [2.75, 3.05) is 4.90 Å². The van der Waals surface area contributed by atoms with E-state index in [0.717, 1.165) is 11.0 Å². The third kappa shape index (κ3) is 4.51. The Hall–Kier alpha value is -1.99. The molecule has 2 rings (SSSR count). The Balaban J connectivity index is 0.000000491. The minimum Gasteiger partial charge on any atom is -0.282 e. The molecule has 0 bridgehead atoms. The molecule has 0 aromatic heterocycles. The number of benzene rings is 1. The third-order valence-electron chi connectivity index (χ3n) is 2.44. The van der Waals surface area contributed by atoms with Gasteiger partial charge < -0.3 is 0 Å². The average molecular weight is 311 g/mol. The number of para-hydroxylation sites is 1. The first kappa shape index (κ1) is 17.1. The van der Waals surface area contributed by atoms with Gasteiger partial charge in [0, 0.05) is 12.8 Å². The zero-order valence-electron chi connectivity index (χ0n) is 11.9. The first-order valence-corrected chi connectivity index (χ1v) is 7.63. The SMILES string of the molecule is C=C(C)C.O=C1CCC(=O)N1c1ccccc1S(=O)(=O)O. The molecule has 0 unspecified atom stereocenters. The van der Waals surface area contributed by atoms with Crippen LogP contribution in [-0.4, -0.2) is 24.8 Å². The molecule has 21 heavy (non-hydrogen) atoms. The van der Waals surface area contributed by atoms with Crippen molar-refractivity contribution < 1.29 is 22.6 Å². The summed E-state index contributed by atoms with van der Waals surface area (Å²) in [5.74, 6) is -0.933. The number of rotatable bonds is 2. The maximum atomic E-state index is 11.5. The highest BCUT2D eigenvalue weighted by molar-refractivity contribution is 7.86. The number of amides is 2. The van der Waals surface area contributed by atoms with E-state index in [2.05, 4.69) is 6.58 Å². The molecule has 7 heteroatoms. The monoisotopic (exact) mass is 311 g/mol. The number of carbonyl (C=O) groups excluding carboxylic acids is 2. The Labute approximate surface area is 123 Å². The molecule has 2 amide bonds. The molecule has 0 aliphatic carbocycles. The number of carbonyl (C=O) groups is 2. The van der Waals surface area contributed by atoms with Gasteiger partial charge in [0.05, 0.1) is 5.69 Å². The number of allylic oxidation sites excluding steroid dienone is 1. The first-order chi connectivity index (χ1) is 9.64. The summed E-state index contributed by atoms with van der Waals surface area (Å²) < 4.78 is 31.3. The standard InChI is InChI=1S/C10H9NO5S.C4H8/c12-9-5-6-10(13)11(9)7-3-1-2-4-8(7)17(14,15)16;1-4(2)3/h1-4H,5-6H2,(H,14,15,16);1H2,2-3H3. The molecule has 0 saturated carbocycles. The first-order valence-electron chi connectivity index (χ1n) is 6.19. The lowest BCUT2D eigenvalue weighted by Gasteiger charge is -2.16. The molecule has 1 heterocycles. The summed E-state index contributed by atoms with van der Waals surface area (Å²) in [5.41, 5.74) is 1.07. The van der Waals surface area contributed by atoms with Crippen molar-refractivity contribution in [3.8, 4) is 0 Å². The zero-order chi connectivity index (χ0) is 16.2. The summed E-state index contributed by atoms with van der Waals surface area (Å²) in [6.45, 7) is 7.50. The number of hydrogen-bond donors (Lipinski definition) is 1. The van der Waals surface area contributed by atoms with Gasteiger partial charge in [0.15, 0.2) is 0 Å². The van der Waals surface area contributed by atoms with Crippen LogP contribution in [0.3, 0.4) is 0 Å². The summed E-state index contributed by atoms with van der Waals surface area (Å²) in [6, 6.07) is 5.34. The fraction of sp³-hybridized carbons (Fsp3) is 0.286. The lowest BCUT2D eigenvalue weighted by molar-refractivity contribution is -0.121. The van der Waals surface area contributed by atoms with Crippen LogP contribution in [-0.2, 0) is 19.7 Å². The molecular formula is C14H17NO5S. The number of imide groups is 1. The van der Waals surface area contributed by atoms with Crippen molar-refractivity contribution in [3.05, 3.63) is 36.4 Å². The lowest BCUT2D eigenvalue weighted by atomic mass is 10.3. The summed E-state index contributed by atoms with van der Waals surface area (Å²) in [6.07, 6.45) is 0.108. The van der Waals surface area contributed by atoms with Crippen molar-refractivity contribution in [2.45, 2.75) is 31.6 Å². The van der Waals surface area contributed by atoms with Crippen molar-refractivity contribution in [1.29, 1.82) is 0 Å². The van der Waals surface area contributed by atoms with E-state index in [-0.39, 0.29) is 18.5 Å². The Bertz CT molecular complexity index is 658. The van der Waals surface area contributed by atoms with E-state index in [1.165, 1.54) is 23.8 Å². The van der Waals surface area contributed by atoms with E-state index in [1.54, 1.807) is 0 Å². The van der Waals surface area contributed by atoms with Crippen LogP contribution >= 0.6 is 0 Å². The van der Waals surface area contributed by atoms with Gasteiger partial charge in [-0.1, -0.05) is 17.7 Å². The van der Waals surface area contributed by atoms with Crippen LogP contribution in [0, 0.1) is 0 Å². The molecule has 6 nitrogen and oxygen atoms in total. The number of hydrogen-bond acceptors (Lipinski definition) is 4. The van der Waals surface area contributed by atoms with Gasteiger partial charge in [-0.25, -0.2) is 4.90 Å². The van der Waals surface area contributed by atoms with Gasteiger partial charge >= 0.3 is 0 Å². The van der Waals surface area contributed by atoms with E-state index in [9.17, 15) is 18.0 Å². The van der Waals surface area contributed by atoms with E-state index in [4.69, 9.17) is 4.55 Å². The molecule has 1 aromatic carbocycles. The van der Waals surface area contributed by atoms with E-state index in [0.29, 0.717) is 0 Å². The smallest absolute Gasteiger partial charge is 0.282 e. The van der Waals surface area contributed by atoms with Gasteiger partial charge in [-0.15, -0.1) is 6.58 Å². The van der Waals surface area contributed by atoms with Crippen LogP contribution in [0.5, 0.6) is 0 Å². The molecular weight excluding hydrogens is 294 g/mol. The molecule has 1 fully saturated rings. The highest BCUT2D eigenvalue weighted by Gasteiger charge is 2.33. The summed E-state index contributed by atoms with van der Waals surface area (Å²) in [7, 11) is -4.46. The molecule has 1 saturated heterocycles. The minimum absolute atomic E-state index is 0.0542. The van der Waals surface area contributed by atoms with Crippen LogP contribution in [0.4, 0.5) is 5.69 Å². The molecule has 114 valence electrons. The van der Waals surface area contributed by atoms with Crippen LogP contribution < -0.4 is 4.90 Å². The fourth-order valence-electron chi connectivity index (χ4n) is 1.71. The second-order valence-electron chi connectivity index (χ2n) is 4.77. The molecule has 1 N–H and O–H groups in total. The predicted octanol–water partition coefficient (Wildman–Crippen LogP) is 2.17. The quantitative estimate of drug-likeness (QED) is 0.513. The van der Waals surface area contributed by atoms with Crippen LogP contribution in [0.15, 0.2) is 41.3 Å².